The first-order valence-corrected chi connectivity index (χ1v) is 9.00. The standard InChI is InChI=1S/C18H29BN2O5/c1-21(15-5-7-16(26-2)8-6-15)12-14-4-3-13(9-10-19(24)25)11-18(14,20)17(22)23/h5-8,13-14,24-25H,3-4,9-12,20H2,1-2H3,(H,22,23)/t13?,14-,18+/m0/s1. The van der Waals surface area contributed by atoms with Gasteiger partial charge in [-0.2, -0.15) is 0 Å². The Hall–Kier alpha value is -1.77. The second-order valence-corrected chi connectivity index (χ2v) is 7.33. The largest absolute Gasteiger partial charge is 0.497 e. The van der Waals surface area contributed by atoms with E-state index in [4.69, 9.17) is 20.5 Å². The molecule has 0 saturated heterocycles. The summed E-state index contributed by atoms with van der Waals surface area (Å²) >= 11 is 0. The Kier molecular flexibility index (Phi) is 6.91. The van der Waals surface area contributed by atoms with Crippen LogP contribution in [0.3, 0.4) is 0 Å². The maximum absolute atomic E-state index is 11.9. The van der Waals surface area contributed by atoms with Crippen LogP contribution in [0, 0.1) is 11.8 Å². The molecule has 1 unspecified atom stereocenters. The van der Waals surface area contributed by atoms with Crippen molar-refractivity contribution in [1.29, 1.82) is 0 Å². The summed E-state index contributed by atoms with van der Waals surface area (Å²) < 4.78 is 5.16. The molecule has 1 aromatic carbocycles. The monoisotopic (exact) mass is 364 g/mol. The lowest BCUT2D eigenvalue weighted by Crippen LogP contribution is -2.59. The van der Waals surface area contributed by atoms with Crippen LogP contribution < -0.4 is 15.4 Å². The molecule has 1 aromatic rings. The molecule has 1 aliphatic rings. The molecule has 0 amide bonds. The molecule has 5 N–H and O–H groups in total. The van der Waals surface area contributed by atoms with Crippen molar-refractivity contribution in [2.75, 3.05) is 25.6 Å². The fourth-order valence-electron chi connectivity index (χ4n) is 3.86. The summed E-state index contributed by atoms with van der Waals surface area (Å²) in [6.45, 7) is 0.546. The van der Waals surface area contributed by atoms with Crippen LogP contribution in [0.1, 0.15) is 25.7 Å². The number of carboxylic acids is 1. The van der Waals surface area contributed by atoms with Crippen molar-refractivity contribution in [1.82, 2.24) is 0 Å². The summed E-state index contributed by atoms with van der Waals surface area (Å²) in [7, 11) is 2.19. The number of carboxylic acid groups (broad SMARTS) is 1. The topological polar surface area (TPSA) is 116 Å². The van der Waals surface area contributed by atoms with E-state index in [1.165, 1.54) is 0 Å². The molecule has 2 rings (SSSR count). The molecule has 0 radical (unpaired) electrons. The van der Waals surface area contributed by atoms with Gasteiger partial charge in [0.2, 0.25) is 0 Å². The molecule has 0 heterocycles. The average molecular weight is 364 g/mol. The number of aliphatic carboxylic acids is 1. The number of ether oxygens (including phenoxy) is 1. The summed E-state index contributed by atoms with van der Waals surface area (Å²) in [5.74, 6) is -0.296. The summed E-state index contributed by atoms with van der Waals surface area (Å²) in [6, 6.07) is 7.61. The van der Waals surface area contributed by atoms with Crippen LogP contribution >= 0.6 is 0 Å². The fourth-order valence-corrected chi connectivity index (χ4v) is 3.86. The van der Waals surface area contributed by atoms with Gasteiger partial charge in [0.1, 0.15) is 11.3 Å². The predicted octanol–water partition coefficient (Wildman–Crippen LogP) is 1.19. The highest BCUT2D eigenvalue weighted by molar-refractivity contribution is 6.40. The Labute approximate surface area is 154 Å². The average Bonchev–Trinajstić information content (AvgIpc) is 2.61. The number of hydrogen-bond donors (Lipinski definition) is 4. The molecule has 1 saturated carbocycles. The van der Waals surface area contributed by atoms with E-state index in [-0.39, 0.29) is 18.2 Å². The van der Waals surface area contributed by atoms with Gasteiger partial charge in [0, 0.05) is 25.2 Å². The second kappa shape index (κ2) is 8.75. The zero-order chi connectivity index (χ0) is 19.3. The van der Waals surface area contributed by atoms with Gasteiger partial charge >= 0.3 is 13.1 Å². The van der Waals surface area contributed by atoms with E-state index < -0.39 is 18.6 Å². The van der Waals surface area contributed by atoms with Crippen molar-refractivity contribution in [2.45, 2.75) is 37.5 Å². The quantitative estimate of drug-likeness (QED) is 0.512. The van der Waals surface area contributed by atoms with Crippen molar-refractivity contribution in [3.05, 3.63) is 24.3 Å². The Morgan fingerprint density at radius 3 is 2.54 bits per heavy atom. The van der Waals surface area contributed by atoms with E-state index in [1.54, 1.807) is 7.11 Å². The molecule has 0 aromatic heterocycles. The van der Waals surface area contributed by atoms with Gasteiger partial charge in [0.15, 0.2) is 0 Å². The molecule has 7 nitrogen and oxygen atoms in total. The molecule has 1 aliphatic carbocycles. The summed E-state index contributed by atoms with van der Waals surface area (Å²) in [6.07, 6.45) is 2.73. The van der Waals surface area contributed by atoms with Gasteiger partial charge in [0.25, 0.3) is 0 Å². The van der Waals surface area contributed by atoms with Gasteiger partial charge < -0.3 is 30.5 Å². The van der Waals surface area contributed by atoms with Gasteiger partial charge in [-0.25, -0.2) is 0 Å². The Morgan fingerprint density at radius 2 is 2.00 bits per heavy atom. The number of methoxy groups -OCH3 is 1. The number of nitrogens with zero attached hydrogens (tertiary/aromatic N) is 1. The maximum Gasteiger partial charge on any atom is 0.451 e. The van der Waals surface area contributed by atoms with Crippen LogP contribution in [0.5, 0.6) is 5.75 Å². The molecule has 0 aliphatic heterocycles. The third-order valence-corrected chi connectivity index (χ3v) is 5.52. The number of anilines is 1. The van der Waals surface area contributed by atoms with Crippen molar-refractivity contribution >= 4 is 18.8 Å². The van der Waals surface area contributed by atoms with Gasteiger partial charge in [0.05, 0.1) is 7.11 Å². The van der Waals surface area contributed by atoms with Crippen molar-refractivity contribution in [3.63, 3.8) is 0 Å². The Balaban J connectivity index is 2.05. The number of hydrogen-bond acceptors (Lipinski definition) is 6. The van der Waals surface area contributed by atoms with E-state index in [0.29, 0.717) is 25.8 Å². The van der Waals surface area contributed by atoms with Crippen LogP contribution in [0.25, 0.3) is 0 Å². The predicted molar refractivity (Wildman–Crippen MR) is 101 cm³/mol. The molecule has 0 spiro atoms. The smallest absolute Gasteiger partial charge is 0.451 e. The highest BCUT2D eigenvalue weighted by atomic mass is 16.5. The van der Waals surface area contributed by atoms with E-state index in [2.05, 4.69) is 0 Å². The summed E-state index contributed by atoms with van der Waals surface area (Å²) in [5.41, 5.74) is 6.02. The van der Waals surface area contributed by atoms with Crippen LogP contribution in [-0.2, 0) is 4.79 Å². The number of carbonyl (C=O) groups is 1. The minimum atomic E-state index is -1.36. The second-order valence-electron chi connectivity index (χ2n) is 7.33. The van der Waals surface area contributed by atoms with Gasteiger partial charge in [-0.05, 0) is 55.8 Å². The molecule has 1 fully saturated rings. The van der Waals surface area contributed by atoms with E-state index in [9.17, 15) is 9.90 Å². The first-order chi connectivity index (χ1) is 12.3. The third kappa shape index (κ3) is 4.90. The zero-order valence-corrected chi connectivity index (χ0v) is 15.5. The Bertz CT molecular complexity index is 598. The molecule has 0 bridgehead atoms. The molecule has 3 atom stereocenters. The number of benzene rings is 1. The van der Waals surface area contributed by atoms with Crippen LogP contribution in [0.4, 0.5) is 5.69 Å². The fraction of sp³-hybridized carbons (Fsp3) is 0.611. The molecular weight excluding hydrogens is 335 g/mol. The van der Waals surface area contributed by atoms with E-state index in [1.807, 2.05) is 36.2 Å². The summed E-state index contributed by atoms with van der Waals surface area (Å²) in [4.78, 5) is 13.9. The SMILES string of the molecule is COc1ccc(N(C)C[C@@H]2CCC(CCB(O)O)C[C@]2(N)C(=O)O)cc1. The van der Waals surface area contributed by atoms with Crippen molar-refractivity contribution in [2.24, 2.45) is 17.6 Å². The number of nitrogens with two attached hydrogens (primary N) is 1. The first-order valence-electron chi connectivity index (χ1n) is 9.00. The minimum absolute atomic E-state index is 0.0976. The van der Waals surface area contributed by atoms with Gasteiger partial charge in [-0.3, -0.25) is 4.79 Å². The highest BCUT2D eigenvalue weighted by Gasteiger charge is 2.47. The maximum atomic E-state index is 11.9. The Morgan fingerprint density at radius 1 is 1.35 bits per heavy atom. The minimum Gasteiger partial charge on any atom is -0.497 e. The normalized spacial score (nSPS) is 25.6. The number of rotatable bonds is 8. The molecule has 26 heavy (non-hydrogen) atoms. The van der Waals surface area contributed by atoms with Gasteiger partial charge in [-0.1, -0.05) is 6.42 Å². The van der Waals surface area contributed by atoms with Crippen LogP contribution in [0.2, 0.25) is 6.32 Å². The lowest BCUT2D eigenvalue weighted by atomic mass is 9.66. The van der Waals surface area contributed by atoms with E-state index >= 15 is 0 Å². The van der Waals surface area contributed by atoms with Crippen molar-refractivity contribution in [3.8, 4) is 5.75 Å². The zero-order valence-electron chi connectivity index (χ0n) is 15.5. The van der Waals surface area contributed by atoms with Crippen molar-refractivity contribution < 1.29 is 24.7 Å². The highest BCUT2D eigenvalue weighted by Crippen LogP contribution is 2.39. The lowest BCUT2D eigenvalue weighted by molar-refractivity contribution is -0.147. The summed E-state index contributed by atoms with van der Waals surface area (Å²) in [5, 5.41) is 27.9. The molecular formula is C18H29BN2O5. The molecule has 144 valence electrons. The lowest BCUT2D eigenvalue weighted by Gasteiger charge is -2.43. The van der Waals surface area contributed by atoms with Crippen LogP contribution in [0.15, 0.2) is 24.3 Å². The van der Waals surface area contributed by atoms with Crippen LogP contribution in [-0.4, -0.2) is 54.5 Å². The third-order valence-electron chi connectivity index (χ3n) is 5.52. The molecule has 8 heteroatoms. The first kappa shape index (κ1) is 20.5. The van der Waals surface area contributed by atoms with Gasteiger partial charge in [-0.15, -0.1) is 0 Å². The van der Waals surface area contributed by atoms with E-state index in [0.717, 1.165) is 17.9 Å².